The van der Waals surface area contributed by atoms with Gasteiger partial charge in [-0.3, -0.25) is 10.1 Å². The summed E-state index contributed by atoms with van der Waals surface area (Å²) in [6.45, 7) is 7.83. The SMILES string of the molecule is CCNC(=O)Nc1nc2cc(-c3cnc(N4CCC(C)(C(=O)OCC)CC4)nc3)cc(-n3cccn3)n2n1. The molecular formula is C25H30N10O3. The van der Waals surface area contributed by atoms with Gasteiger partial charge in [-0.2, -0.15) is 14.6 Å². The lowest BCUT2D eigenvalue weighted by Gasteiger charge is -2.37. The molecule has 1 saturated heterocycles. The van der Waals surface area contributed by atoms with Gasteiger partial charge in [0.25, 0.3) is 5.95 Å². The molecule has 1 aliphatic heterocycles. The van der Waals surface area contributed by atoms with Crippen molar-refractivity contribution in [2.45, 2.75) is 33.6 Å². The molecule has 1 aliphatic rings. The minimum atomic E-state index is -0.478. The number of rotatable bonds is 7. The number of hydrogen-bond acceptors (Lipinski definition) is 9. The van der Waals surface area contributed by atoms with Crippen molar-refractivity contribution in [2.24, 2.45) is 5.41 Å². The van der Waals surface area contributed by atoms with Crippen LogP contribution >= 0.6 is 0 Å². The smallest absolute Gasteiger partial charge is 0.321 e. The summed E-state index contributed by atoms with van der Waals surface area (Å²) in [5, 5.41) is 14.1. The van der Waals surface area contributed by atoms with Crippen molar-refractivity contribution in [3.8, 4) is 16.9 Å². The molecule has 4 aromatic rings. The molecule has 13 heteroatoms. The monoisotopic (exact) mass is 518 g/mol. The molecule has 2 amide bonds. The molecule has 0 spiro atoms. The van der Waals surface area contributed by atoms with Crippen LogP contribution in [-0.4, -0.2) is 72.6 Å². The maximum absolute atomic E-state index is 12.3. The highest BCUT2D eigenvalue weighted by molar-refractivity contribution is 5.87. The molecule has 0 saturated carbocycles. The lowest BCUT2D eigenvalue weighted by Crippen LogP contribution is -2.44. The molecule has 5 rings (SSSR count). The third-order valence-corrected chi connectivity index (χ3v) is 6.61. The largest absolute Gasteiger partial charge is 0.466 e. The Hall–Kier alpha value is -4.55. The summed E-state index contributed by atoms with van der Waals surface area (Å²) in [7, 11) is 0. The Morgan fingerprint density at radius 2 is 1.87 bits per heavy atom. The summed E-state index contributed by atoms with van der Waals surface area (Å²) in [4.78, 5) is 40.1. The summed E-state index contributed by atoms with van der Waals surface area (Å²) in [6, 6.07) is 5.20. The molecule has 1 fully saturated rings. The van der Waals surface area contributed by atoms with Crippen molar-refractivity contribution in [3.63, 3.8) is 0 Å². The summed E-state index contributed by atoms with van der Waals surface area (Å²) in [5.41, 5.74) is 1.66. The van der Waals surface area contributed by atoms with E-state index < -0.39 is 5.41 Å². The Kier molecular flexibility index (Phi) is 6.90. The summed E-state index contributed by atoms with van der Waals surface area (Å²) < 4.78 is 8.54. The number of fused-ring (bicyclic) bond motifs is 1. The third kappa shape index (κ3) is 4.99. The number of piperidine rings is 1. The normalized spacial score (nSPS) is 14.9. The van der Waals surface area contributed by atoms with E-state index in [9.17, 15) is 9.59 Å². The molecule has 4 aromatic heterocycles. The highest BCUT2D eigenvalue weighted by atomic mass is 16.5. The first-order valence-electron chi connectivity index (χ1n) is 12.6. The number of aromatic nitrogens is 7. The van der Waals surface area contributed by atoms with E-state index in [0.717, 1.165) is 11.1 Å². The lowest BCUT2D eigenvalue weighted by atomic mass is 9.80. The number of pyridine rings is 1. The van der Waals surface area contributed by atoms with Gasteiger partial charge in [-0.05, 0) is 57.4 Å². The minimum Gasteiger partial charge on any atom is -0.466 e. The molecule has 0 radical (unpaired) electrons. The van der Waals surface area contributed by atoms with Crippen molar-refractivity contribution in [3.05, 3.63) is 43.0 Å². The first kappa shape index (κ1) is 25.1. The second-order valence-electron chi connectivity index (χ2n) is 9.28. The Labute approximate surface area is 219 Å². The number of amides is 2. The van der Waals surface area contributed by atoms with Crippen LogP contribution in [0.1, 0.15) is 33.6 Å². The van der Waals surface area contributed by atoms with Crippen LogP contribution in [0.15, 0.2) is 43.0 Å². The molecular weight excluding hydrogens is 488 g/mol. The standard InChI is InChI=1S/C25H30N10O3/c1-4-26-24(37)31-22-30-19-13-17(14-20(35(19)32-22)34-10-6-9-29-34)18-15-27-23(28-16-18)33-11-7-25(3,8-12-33)21(36)38-5-2/h6,9-10,13-16H,4-5,7-8,11-12H2,1-3H3,(H2,26,31,32,37). The zero-order chi connectivity index (χ0) is 26.7. The third-order valence-electron chi connectivity index (χ3n) is 6.61. The Bertz CT molecular complexity index is 1420. The number of carbonyl (C=O) groups is 2. The van der Waals surface area contributed by atoms with E-state index in [1.165, 1.54) is 0 Å². The Balaban J connectivity index is 1.40. The van der Waals surface area contributed by atoms with E-state index in [0.29, 0.717) is 56.5 Å². The molecule has 198 valence electrons. The highest BCUT2D eigenvalue weighted by Gasteiger charge is 2.38. The molecule has 0 bridgehead atoms. The van der Waals surface area contributed by atoms with E-state index in [4.69, 9.17) is 4.74 Å². The van der Waals surface area contributed by atoms with Crippen molar-refractivity contribution < 1.29 is 14.3 Å². The maximum atomic E-state index is 12.3. The average molecular weight is 519 g/mol. The molecule has 0 aromatic carbocycles. The van der Waals surface area contributed by atoms with Crippen LogP contribution in [0.25, 0.3) is 22.6 Å². The topological polar surface area (TPSA) is 144 Å². The minimum absolute atomic E-state index is 0.142. The van der Waals surface area contributed by atoms with Gasteiger partial charge >= 0.3 is 12.0 Å². The second-order valence-corrected chi connectivity index (χ2v) is 9.28. The van der Waals surface area contributed by atoms with Crippen LogP contribution in [0.2, 0.25) is 0 Å². The molecule has 38 heavy (non-hydrogen) atoms. The number of hydrogen-bond donors (Lipinski definition) is 2. The van der Waals surface area contributed by atoms with Gasteiger partial charge < -0.3 is 15.0 Å². The van der Waals surface area contributed by atoms with E-state index in [-0.39, 0.29) is 17.9 Å². The molecule has 0 unspecified atom stereocenters. The van der Waals surface area contributed by atoms with Crippen LogP contribution in [0.4, 0.5) is 16.7 Å². The molecule has 2 N–H and O–H groups in total. The fourth-order valence-corrected chi connectivity index (χ4v) is 4.40. The van der Waals surface area contributed by atoms with Gasteiger partial charge in [-0.15, -0.1) is 5.10 Å². The summed E-state index contributed by atoms with van der Waals surface area (Å²) in [5.74, 6) is 1.28. The number of carbonyl (C=O) groups excluding carboxylic acids is 2. The second kappa shape index (κ2) is 10.4. The number of urea groups is 1. The maximum Gasteiger partial charge on any atom is 0.321 e. The summed E-state index contributed by atoms with van der Waals surface area (Å²) >= 11 is 0. The highest BCUT2D eigenvalue weighted by Crippen LogP contribution is 2.33. The van der Waals surface area contributed by atoms with Crippen molar-refractivity contribution in [2.75, 3.05) is 36.5 Å². The van der Waals surface area contributed by atoms with Crippen molar-refractivity contribution in [1.29, 1.82) is 0 Å². The van der Waals surface area contributed by atoms with E-state index >= 15 is 0 Å². The molecule has 0 atom stereocenters. The average Bonchev–Trinajstić information content (AvgIpc) is 3.59. The number of ether oxygens (including phenoxy) is 1. The fourth-order valence-electron chi connectivity index (χ4n) is 4.40. The lowest BCUT2D eigenvalue weighted by molar-refractivity contribution is -0.155. The van der Waals surface area contributed by atoms with Gasteiger partial charge in [0.15, 0.2) is 11.5 Å². The zero-order valence-corrected chi connectivity index (χ0v) is 21.6. The number of nitrogens with zero attached hydrogens (tertiary/aromatic N) is 8. The van der Waals surface area contributed by atoms with Gasteiger partial charge in [0.05, 0.1) is 12.0 Å². The van der Waals surface area contributed by atoms with Crippen molar-refractivity contribution >= 4 is 29.5 Å². The zero-order valence-electron chi connectivity index (χ0n) is 21.6. The van der Waals surface area contributed by atoms with Crippen LogP contribution < -0.4 is 15.5 Å². The van der Waals surface area contributed by atoms with Gasteiger partial charge in [0.1, 0.15) is 0 Å². The van der Waals surface area contributed by atoms with Gasteiger partial charge in [0, 0.05) is 50.0 Å². The number of nitrogens with one attached hydrogen (secondary N) is 2. The van der Waals surface area contributed by atoms with E-state index in [2.05, 4.69) is 40.7 Å². The van der Waals surface area contributed by atoms with E-state index in [1.807, 2.05) is 39.0 Å². The molecule has 5 heterocycles. The summed E-state index contributed by atoms with van der Waals surface area (Å²) in [6.07, 6.45) is 8.37. The van der Waals surface area contributed by atoms with Crippen LogP contribution in [0.5, 0.6) is 0 Å². The Morgan fingerprint density at radius 3 is 2.53 bits per heavy atom. The number of anilines is 2. The first-order valence-corrected chi connectivity index (χ1v) is 12.6. The van der Waals surface area contributed by atoms with Gasteiger partial charge in [-0.1, -0.05) is 0 Å². The first-order chi connectivity index (χ1) is 18.4. The van der Waals surface area contributed by atoms with Gasteiger partial charge in [-0.25, -0.2) is 19.4 Å². The predicted molar refractivity (Wildman–Crippen MR) is 140 cm³/mol. The van der Waals surface area contributed by atoms with Crippen LogP contribution in [-0.2, 0) is 9.53 Å². The van der Waals surface area contributed by atoms with Crippen molar-refractivity contribution in [1.82, 2.24) is 39.7 Å². The van der Waals surface area contributed by atoms with E-state index in [1.54, 1.807) is 34.0 Å². The Morgan fingerprint density at radius 1 is 1.11 bits per heavy atom. The fraction of sp³-hybridized carbons (Fsp3) is 0.400. The van der Waals surface area contributed by atoms with Crippen LogP contribution in [0.3, 0.4) is 0 Å². The molecule has 0 aliphatic carbocycles. The number of esters is 1. The quantitative estimate of drug-likeness (QED) is 0.353. The predicted octanol–water partition coefficient (Wildman–Crippen LogP) is 2.68. The molecule has 13 nitrogen and oxygen atoms in total. The van der Waals surface area contributed by atoms with Gasteiger partial charge in [0.2, 0.25) is 5.95 Å². The van der Waals surface area contributed by atoms with Crippen LogP contribution in [0, 0.1) is 5.41 Å².